The van der Waals surface area contributed by atoms with Crippen LogP contribution in [0.2, 0.25) is 0 Å². The molecule has 0 atom stereocenters. The van der Waals surface area contributed by atoms with Gasteiger partial charge in [0, 0.05) is 23.9 Å². The van der Waals surface area contributed by atoms with E-state index in [0.29, 0.717) is 35.2 Å². The molecule has 0 aliphatic carbocycles. The second-order valence-electron chi connectivity index (χ2n) is 5.68. The number of rotatable bonds is 6. The summed E-state index contributed by atoms with van der Waals surface area (Å²) in [4.78, 5) is 33.8. The monoisotopic (exact) mass is 372 g/mol. The van der Waals surface area contributed by atoms with Gasteiger partial charge >= 0.3 is 17.7 Å². The summed E-state index contributed by atoms with van der Waals surface area (Å²) in [7, 11) is 1.19. The van der Waals surface area contributed by atoms with E-state index in [4.69, 9.17) is 9.52 Å². The first-order valence-electron chi connectivity index (χ1n) is 8.01. The van der Waals surface area contributed by atoms with Crippen molar-refractivity contribution >= 4 is 28.7 Å². The molecule has 10 nitrogen and oxygen atoms in total. The van der Waals surface area contributed by atoms with E-state index >= 15 is 0 Å². The van der Waals surface area contributed by atoms with Crippen LogP contribution in [0.1, 0.15) is 12.8 Å². The highest BCUT2D eigenvalue weighted by molar-refractivity contribution is 5.89. The van der Waals surface area contributed by atoms with Gasteiger partial charge in [0.05, 0.1) is 13.3 Å². The molecule has 3 aromatic rings. The van der Waals surface area contributed by atoms with Crippen LogP contribution in [0.4, 0.5) is 10.5 Å². The number of carboxylic acids is 1. The molecule has 0 saturated heterocycles. The number of fused-ring (bicyclic) bond motifs is 1. The molecule has 2 aromatic heterocycles. The highest BCUT2D eigenvalue weighted by atomic mass is 16.5. The Kier molecular flexibility index (Phi) is 5.15. The average Bonchev–Trinajstić information content (AvgIpc) is 3.10. The van der Waals surface area contributed by atoms with Gasteiger partial charge in [-0.1, -0.05) is 17.3 Å². The lowest BCUT2D eigenvalue weighted by Gasteiger charge is -2.04. The van der Waals surface area contributed by atoms with Gasteiger partial charge in [-0.05, 0) is 18.6 Å². The van der Waals surface area contributed by atoms with Gasteiger partial charge < -0.3 is 14.3 Å². The molecule has 10 heteroatoms. The van der Waals surface area contributed by atoms with Crippen molar-refractivity contribution in [2.45, 2.75) is 19.4 Å². The van der Waals surface area contributed by atoms with Crippen molar-refractivity contribution in [3.63, 3.8) is 0 Å². The Morgan fingerprint density at radius 3 is 2.89 bits per heavy atom. The Labute approximate surface area is 152 Å². The number of aromatic nitrogens is 3. The van der Waals surface area contributed by atoms with Crippen molar-refractivity contribution in [3.05, 3.63) is 40.9 Å². The lowest BCUT2D eigenvalue weighted by Crippen LogP contribution is -2.17. The van der Waals surface area contributed by atoms with Crippen molar-refractivity contribution in [1.29, 1.82) is 0 Å². The Balaban J connectivity index is 1.83. The number of hydrogen-bond acceptors (Lipinski definition) is 7. The van der Waals surface area contributed by atoms with Gasteiger partial charge in [0.25, 0.3) is 0 Å². The molecule has 0 aliphatic rings. The van der Waals surface area contributed by atoms with Crippen molar-refractivity contribution in [2.24, 2.45) is 0 Å². The van der Waals surface area contributed by atoms with E-state index in [2.05, 4.69) is 20.4 Å². The summed E-state index contributed by atoms with van der Waals surface area (Å²) < 4.78 is 11.3. The third-order valence-electron chi connectivity index (χ3n) is 3.77. The van der Waals surface area contributed by atoms with Crippen LogP contribution < -0.4 is 10.9 Å². The topological polar surface area (TPSA) is 137 Å². The first-order valence-corrected chi connectivity index (χ1v) is 8.01. The Morgan fingerprint density at radius 2 is 2.15 bits per heavy atom. The zero-order valence-electron chi connectivity index (χ0n) is 14.3. The van der Waals surface area contributed by atoms with E-state index in [1.807, 2.05) is 0 Å². The second-order valence-corrected chi connectivity index (χ2v) is 5.68. The predicted molar refractivity (Wildman–Crippen MR) is 94.4 cm³/mol. The number of aliphatic carboxylic acids is 1. The smallest absolute Gasteiger partial charge is 0.411 e. The maximum absolute atomic E-state index is 12.0. The standard InChI is InChI=1S/C17H16N4O6/c1-26-17(25)18-12-7-11-5-4-10(8-14(11)27-16(12)24)13-9-21(20-19-13)6-2-3-15(22)23/h4-5,7-9H,2-3,6H2,1H3,(H,18,25)(H,22,23). The minimum atomic E-state index is -0.860. The van der Waals surface area contributed by atoms with E-state index in [1.165, 1.54) is 13.2 Å². The van der Waals surface area contributed by atoms with Crippen molar-refractivity contribution in [3.8, 4) is 11.3 Å². The number of nitrogens with one attached hydrogen (secondary N) is 1. The highest BCUT2D eigenvalue weighted by Gasteiger charge is 2.11. The molecular formula is C17H16N4O6. The molecule has 2 heterocycles. The van der Waals surface area contributed by atoms with E-state index in [0.717, 1.165) is 0 Å². The quantitative estimate of drug-likeness (QED) is 0.628. The van der Waals surface area contributed by atoms with E-state index in [-0.39, 0.29) is 12.1 Å². The Morgan fingerprint density at radius 1 is 1.33 bits per heavy atom. The van der Waals surface area contributed by atoms with Gasteiger partial charge in [-0.2, -0.15) is 0 Å². The third kappa shape index (κ3) is 4.29. The molecule has 0 bridgehead atoms. The van der Waals surface area contributed by atoms with Gasteiger partial charge in [-0.3, -0.25) is 14.8 Å². The number of carbonyl (C=O) groups is 2. The maximum Gasteiger partial charge on any atom is 0.411 e. The molecule has 3 rings (SSSR count). The molecule has 0 unspecified atom stereocenters. The normalized spacial score (nSPS) is 10.7. The molecule has 27 heavy (non-hydrogen) atoms. The lowest BCUT2D eigenvalue weighted by molar-refractivity contribution is -0.137. The van der Waals surface area contributed by atoms with Gasteiger partial charge in [0.1, 0.15) is 17.0 Å². The SMILES string of the molecule is COC(=O)Nc1cc2ccc(-c3cn(CCCC(=O)O)nn3)cc2oc1=O. The van der Waals surface area contributed by atoms with Crippen LogP contribution in [0.25, 0.3) is 22.2 Å². The molecule has 1 aromatic carbocycles. The van der Waals surface area contributed by atoms with Crippen molar-refractivity contribution in [1.82, 2.24) is 15.0 Å². The maximum atomic E-state index is 12.0. The van der Waals surface area contributed by atoms with Crippen LogP contribution >= 0.6 is 0 Å². The lowest BCUT2D eigenvalue weighted by atomic mass is 10.1. The first kappa shape index (κ1) is 18.1. The van der Waals surface area contributed by atoms with Crippen molar-refractivity contribution in [2.75, 3.05) is 12.4 Å². The summed E-state index contributed by atoms with van der Waals surface area (Å²) in [5, 5.41) is 19.6. The Bertz CT molecular complexity index is 1060. The molecule has 0 fully saturated rings. The van der Waals surface area contributed by atoms with Crippen LogP contribution in [-0.2, 0) is 16.1 Å². The molecular weight excluding hydrogens is 356 g/mol. The van der Waals surface area contributed by atoms with Crippen LogP contribution in [0, 0.1) is 0 Å². The largest absolute Gasteiger partial charge is 0.481 e. The van der Waals surface area contributed by atoms with Gasteiger partial charge in [-0.25, -0.2) is 9.59 Å². The van der Waals surface area contributed by atoms with Crippen LogP contribution in [0.3, 0.4) is 0 Å². The fraction of sp³-hybridized carbons (Fsp3) is 0.235. The fourth-order valence-corrected chi connectivity index (χ4v) is 2.45. The zero-order valence-corrected chi connectivity index (χ0v) is 14.3. The first-order chi connectivity index (χ1) is 13.0. The van der Waals surface area contributed by atoms with E-state index < -0.39 is 17.7 Å². The second kappa shape index (κ2) is 7.68. The molecule has 1 amide bonds. The summed E-state index contributed by atoms with van der Waals surface area (Å²) >= 11 is 0. The minimum Gasteiger partial charge on any atom is -0.481 e. The van der Waals surface area contributed by atoms with Crippen molar-refractivity contribution < 1.29 is 23.8 Å². The van der Waals surface area contributed by atoms with Gasteiger partial charge in [0.2, 0.25) is 0 Å². The number of nitrogens with zero attached hydrogens (tertiary/aromatic N) is 3. The number of aryl methyl sites for hydroxylation is 1. The van der Waals surface area contributed by atoms with E-state index in [9.17, 15) is 14.4 Å². The number of anilines is 1. The minimum absolute atomic E-state index is 0.0218. The summed E-state index contributed by atoms with van der Waals surface area (Å²) in [5.74, 6) is -0.860. The number of carboxylic acid groups (broad SMARTS) is 1. The molecule has 2 N–H and O–H groups in total. The van der Waals surface area contributed by atoms with Crippen LogP contribution in [0.15, 0.2) is 39.7 Å². The zero-order chi connectivity index (χ0) is 19.4. The van der Waals surface area contributed by atoms with Crippen LogP contribution in [0.5, 0.6) is 0 Å². The molecule has 0 spiro atoms. The third-order valence-corrected chi connectivity index (χ3v) is 3.77. The predicted octanol–water partition coefficient (Wildman–Crippen LogP) is 2.09. The number of carbonyl (C=O) groups excluding carboxylic acids is 1. The fourth-order valence-electron chi connectivity index (χ4n) is 2.45. The number of ether oxygens (including phenoxy) is 1. The number of benzene rings is 1. The molecule has 0 aliphatic heterocycles. The summed E-state index contributed by atoms with van der Waals surface area (Å²) in [5.41, 5.74) is 0.845. The molecule has 0 radical (unpaired) electrons. The summed E-state index contributed by atoms with van der Waals surface area (Å²) in [6.45, 7) is 0.435. The number of amides is 1. The average molecular weight is 372 g/mol. The molecule has 140 valence electrons. The summed E-state index contributed by atoms with van der Waals surface area (Å²) in [6.07, 6.45) is 1.42. The Hall–Kier alpha value is -3.69. The highest BCUT2D eigenvalue weighted by Crippen LogP contribution is 2.23. The van der Waals surface area contributed by atoms with Gasteiger partial charge in [-0.15, -0.1) is 5.10 Å². The van der Waals surface area contributed by atoms with Crippen LogP contribution in [-0.4, -0.2) is 39.3 Å². The van der Waals surface area contributed by atoms with Gasteiger partial charge in [0.15, 0.2) is 0 Å². The molecule has 0 saturated carbocycles. The van der Waals surface area contributed by atoms with E-state index in [1.54, 1.807) is 29.1 Å². The number of methoxy groups -OCH3 is 1. The summed E-state index contributed by atoms with van der Waals surface area (Å²) in [6, 6.07) is 6.63. The number of hydrogen-bond donors (Lipinski definition) is 2.